The van der Waals surface area contributed by atoms with Crippen LogP contribution in [-0.2, 0) is 4.84 Å². The van der Waals surface area contributed by atoms with Crippen LogP contribution in [0.4, 0.5) is 13.2 Å². The Morgan fingerprint density at radius 3 is 2.64 bits per heavy atom. The van der Waals surface area contributed by atoms with E-state index in [1.165, 1.54) is 12.4 Å². The molecule has 1 heterocycles. The molecule has 0 aromatic carbocycles. The zero-order valence-corrected chi connectivity index (χ0v) is 7.66. The van der Waals surface area contributed by atoms with Gasteiger partial charge < -0.3 is 4.90 Å². The second-order valence-corrected chi connectivity index (χ2v) is 2.81. The molecule has 0 amide bonds. The van der Waals surface area contributed by atoms with Crippen LogP contribution in [0.15, 0.2) is 25.1 Å². The van der Waals surface area contributed by atoms with Crippen LogP contribution in [0, 0.1) is 0 Å². The van der Waals surface area contributed by atoms with Crippen molar-refractivity contribution in [3.8, 4) is 0 Å². The molecule has 1 rings (SSSR count). The monoisotopic (exact) mass is 208 g/mol. The molecule has 0 saturated heterocycles. The van der Waals surface area contributed by atoms with Crippen molar-refractivity contribution >= 4 is 0 Å². The first-order chi connectivity index (χ1) is 6.44. The SMILES string of the molecule is C=CCN1C=CN(OC(F)(F)F)C1C. The van der Waals surface area contributed by atoms with Crippen molar-refractivity contribution in [2.45, 2.75) is 19.5 Å². The van der Waals surface area contributed by atoms with Gasteiger partial charge in [-0.3, -0.25) is 0 Å². The lowest BCUT2D eigenvalue weighted by atomic mass is 10.4. The van der Waals surface area contributed by atoms with E-state index in [-0.39, 0.29) is 0 Å². The molecule has 0 bridgehead atoms. The topological polar surface area (TPSA) is 15.7 Å². The largest absolute Gasteiger partial charge is 0.544 e. The second-order valence-electron chi connectivity index (χ2n) is 2.81. The van der Waals surface area contributed by atoms with Gasteiger partial charge in [-0.15, -0.1) is 19.8 Å². The second kappa shape index (κ2) is 3.91. The van der Waals surface area contributed by atoms with E-state index in [2.05, 4.69) is 11.4 Å². The molecule has 0 aromatic rings. The molecule has 3 nitrogen and oxygen atoms in total. The molecule has 0 saturated carbocycles. The number of alkyl halides is 3. The van der Waals surface area contributed by atoms with Gasteiger partial charge in [-0.05, 0) is 6.92 Å². The highest BCUT2D eigenvalue weighted by Gasteiger charge is 2.36. The molecule has 1 aliphatic heterocycles. The van der Waals surface area contributed by atoms with Gasteiger partial charge in [-0.25, -0.2) is 5.06 Å². The molecule has 1 atom stereocenters. The van der Waals surface area contributed by atoms with Crippen molar-refractivity contribution in [3.63, 3.8) is 0 Å². The van der Waals surface area contributed by atoms with Crippen LogP contribution in [-0.4, -0.2) is 29.0 Å². The Hall–Kier alpha value is -1.17. The van der Waals surface area contributed by atoms with Crippen LogP contribution < -0.4 is 0 Å². The zero-order valence-electron chi connectivity index (χ0n) is 7.66. The number of rotatable bonds is 3. The summed E-state index contributed by atoms with van der Waals surface area (Å²) >= 11 is 0. The van der Waals surface area contributed by atoms with Crippen LogP contribution in [0.3, 0.4) is 0 Å². The van der Waals surface area contributed by atoms with Crippen LogP contribution in [0.2, 0.25) is 0 Å². The summed E-state index contributed by atoms with van der Waals surface area (Å²) in [4.78, 5) is 5.42. The third-order valence-corrected chi connectivity index (χ3v) is 1.80. The minimum absolute atomic E-state index is 0.477. The summed E-state index contributed by atoms with van der Waals surface area (Å²) in [6, 6.07) is 0. The van der Waals surface area contributed by atoms with E-state index in [4.69, 9.17) is 0 Å². The summed E-state index contributed by atoms with van der Waals surface area (Å²) in [6.07, 6.45) is -0.755. The molecule has 0 fully saturated rings. The van der Waals surface area contributed by atoms with Gasteiger partial charge in [0.15, 0.2) is 0 Å². The lowest BCUT2D eigenvalue weighted by molar-refractivity contribution is -0.411. The quantitative estimate of drug-likeness (QED) is 0.660. The van der Waals surface area contributed by atoms with Crippen LogP contribution in [0.1, 0.15) is 6.92 Å². The molecular weight excluding hydrogens is 197 g/mol. The normalized spacial score (nSPS) is 21.9. The van der Waals surface area contributed by atoms with E-state index in [0.717, 1.165) is 5.06 Å². The van der Waals surface area contributed by atoms with Crippen molar-refractivity contribution in [2.24, 2.45) is 0 Å². The predicted octanol–water partition coefficient (Wildman–Crippen LogP) is 2.06. The number of nitrogens with zero attached hydrogens (tertiary/aromatic N) is 2. The molecule has 6 heteroatoms. The maximum Gasteiger partial charge on any atom is 0.544 e. The summed E-state index contributed by atoms with van der Waals surface area (Å²) in [7, 11) is 0. The number of halogens is 3. The Balaban J connectivity index is 2.52. The average molecular weight is 208 g/mol. The van der Waals surface area contributed by atoms with Crippen LogP contribution in [0.5, 0.6) is 0 Å². The first-order valence-electron chi connectivity index (χ1n) is 4.03. The molecule has 0 aromatic heterocycles. The van der Waals surface area contributed by atoms with Crippen molar-refractivity contribution in [1.82, 2.24) is 9.96 Å². The lowest BCUT2D eigenvalue weighted by Gasteiger charge is -2.28. The molecule has 80 valence electrons. The van der Waals surface area contributed by atoms with Crippen LogP contribution in [0.25, 0.3) is 0 Å². The number of hydroxylamine groups is 2. The standard InChI is InChI=1S/C8H11F3N2O/c1-3-4-12-5-6-13(7(12)2)14-8(9,10)11/h3,5-7H,1,4H2,2H3. The van der Waals surface area contributed by atoms with E-state index in [0.29, 0.717) is 6.54 Å². The fourth-order valence-corrected chi connectivity index (χ4v) is 1.14. The van der Waals surface area contributed by atoms with Gasteiger partial charge in [0.05, 0.1) is 0 Å². The summed E-state index contributed by atoms with van der Waals surface area (Å²) in [5.41, 5.74) is 0. The number of hydrogen-bond acceptors (Lipinski definition) is 3. The Kier molecular flexibility index (Phi) is 3.05. The van der Waals surface area contributed by atoms with Gasteiger partial charge in [0.25, 0.3) is 0 Å². The van der Waals surface area contributed by atoms with E-state index in [1.807, 2.05) is 0 Å². The third kappa shape index (κ3) is 2.66. The molecule has 1 aliphatic rings. The lowest BCUT2D eigenvalue weighted by Crippen LogP contribution is -2.39. The van der Waals surface area contributed by atoms with Gasteiger partial charge in [-0.1, -0.05) is 6.08 Å². The van der Waals surface area contributed by atoms with Crippen molar-refractivity contribution < 1.29 is 18.0 Å². The van der Waals surface area contributed by atoms with E-state index in [1.54, 1.807) is 17.9 Å². The molecule has 0 spiro atoms. The Morgan fingerprint density at radius 1 is 1.50 bits per heavy atom. The van der Waals surface area contributed by atoms with Gasteiger partial charge in [0.2, 0.25) is 0 Å². The molecule has 0 aliphatic carbocycles. The molecule has 0 N–H and O–H groups in total. The van der Waals surface area contributed by atoms with Crippen molar-refractivity contribution in [2.75, 3.05) is 6.54 Å². The van der Waals surface area contributed by atoms with Crippen molar-refractivity contribution in [1.29, 1.82) is 0 Å². The fourth-order valence-electron chi connectivity index (χ4n) is 1.14. The van der Waals surface area contributed by atoms with Gasteiger partial charge in [-0.2, -0.15) is 4.84 Å². The molecule has 1 unspecified atom stereocenters. The summed E-state index contributed by atoms with van der Waals surface area (Å²) in [5.74, 6) is 0. The van der Waals surface area contributed by atoms with Gasteiger partial charge in [0.1, 0.15) is 6.17 Å². The summed E-state index contributed by atoms with van der Waals surface area (Å²) in [6.45, 7) is 5.59. The van der Waals surface area contributed by atoms with Gasteiger partial charge in [0, 0.05) is 18.9 Å². The van der Waals surface area contributed by atoms with Crippen LogP contribution >= 0.6 is 0 Å². The smallest absolute Gasteiger partial charge is 0.351 e. The molecular formula is C8H11F3N2O. The minimum atomic E-state index is -4.65. The highest BCUT2D eigenvalue weighted by molar-refractivity contribution is 4.94. The predicted molar refractivity (Wildman–Crippen MR) is 44.5 cm³/mol. The molecule has 14 heavy (non-hydrogen) atoms. The third-order valence-electron chi connectivity index (χ3n) is 1.80. The van der Waals surface area contributed by atoms with Crippen molar-refractivity contribution in [3.05, 3.63) is 25.1 Å². The summed E-state index contributed by atoms with van der Waals surface area (Å²) in [5, 5.41) is 0.753. The Morgan fingerprint density at radius 2 is 2.14 bits per heavy atom. The summed E-state index contributed by atoms with van der Waals surface area (Å²) < 4.78 is 35.6. The molecule has 0 radical (unpaired) electrons. The first-order valence-corrected chi connectivity index (χ1v) is 4.03. The highest BCUT2D eigenvalue weighted by atomic mass is 19.4. The zero-order chi connectivity index (χ0) is 10.8. The van der Waals surface area contributed by atoms with E-state index in [9.17, 15) is 13.2 Å². The van der Waals surface area contributed by atoms with E-state index < -0.39 is 12.5 Å². The van der Waals surface area contributed by atoms with E-state index >= 15 is 0 Å². The Bertz CT molecular complexity index is 239. The fraction of sp³-hybridized carbons (Fsp3) is 0.500. The number of hydrogen-bond donors (Lipinski definition) is 0. The maximum absolute atomic E-state index is 11.9. The minimum Gasteiger partial charge on any atom is -0.351 e. The first kappa shape index (κ1) is 10.9. The van der Waals surface area contributed by atoms with Gasteiger partial charge >= 0.3 is 6.36 Å². The maximum atomic E-state index is 11.9. The average Bonchev–Trinajstić information content (AvgIpc) is 2.34. The Labute approximate surface area is 80.0 Å². The highest BCUT2D eigenvalue weighted by Crippen LogP contribution is 2.24.